The van der Waals surface area contributed by atoms with Crippen molar-refractivity contribution in [3.8, 4) is 0 Å². The summed E-state index contributed by atoms with van der Waals surface area (Å²) in [7, 11) is 0. The number of amides is 3. The molecule has 1 aliphatic carbocycles. The van der Waals surface area contributed by atoms with Gasteiger partial charge in [-0.15, -0.1) is 0 Å². The van der Waals surface area contributed by atoms with E-state index in [-0.39, 0.29) is 31.7 Å². The SMILES string of the molecule is CCN(C(=O)NCC(=O)NC1CC1)C1COCC1C(=O)O. The average Bonchev–Trinajstić information content (AvgIpc) is 3.11. The smallest absolute Gasteiger partial charge is 0.318 e. The maximum absolute atomic E-state index is 12.1. The van der Waals surface area contributed by atoms with Crippen molar-refractivity contribution in [3.63, 3.8) is 0 Å². The van der Waals surface area contributed by atoms with Gasteiger partial charge in [0.05, 0.1) is 25.8 Å². The Bertz CT molecular complexity index is 424. The molecule has 2 rings (SSSR count). The maximum Gasteiger partial charge on any atom is 0.318 e. The van der Waals surface area contributed by atoms with Crippen molar-refractivity contribution >= 4 is 17.9 Å². The van der Waals surface area contributed by atoms with Crippen LogP contribution in [0.15, 0.2) is 0 Å². The normalized spacial score (nSPS) is 24.4. The third-order valence-electron chi connectivity index (χ3n) is 3.71. The first-order valence-electron chi connectivity index (χ1n) is 7.17. The van der Waals surface area contributed by atoms with Crippen LogP contribution in [0.5, 0.6) is 0 Å². The first kappa shape index (κ1) is 15.6. The van der Waals surface area contributed by atoms with Crippen LogP contribution in [0, 0.1) is 5.92 Å². The van der Waals surface area contributed by atoms with Crippen molar-refractivity contribution in [2.24, 2.45) is 5.92 Å². The number of rotatable bonds is 6. The minimum Gasteiger partial charge on any atom is -0.481 e. The molecular weight excluding hydrogens is 278 g/mol. The summed E-state index contributed by atoms with van der Waals surface area (Å²) in [5.74, 6) is -1.93. The number of carboxylic acids is 1. The van der Waals surface area contributed by atoms with Crippen LogP contribution in [0.1, 0.15) is 19.8 Å². The van der Waals surface area contributed by atoms with Gasteiger partial charge in [-0.1, -0.05) is 0 Å². The lowest BCUT2D eigenvalue weighted by molar-refractivity contribution is -0.142. The van der Waals surface area contributed by atoms with Crippen LogP contribution in [-0.2, 0) is 14.3 Å². The van der Waals surface area contributed by atoms with Gasteiger partial charge in [0, 0.05) is 12.6 Å². The molecule has 0 aromatic heterocycles. The number of aliphatic carboxylic acids is 1. The summed E-state index contributed by atoms with van der Waals surface area (Å²) in [4.78, 5) is 36.2. The van der Waals surface area contributed by atoms with E-state index >= 15 is 0 Å². The van der Waals surface area contributed by atoms with E-state index in [2.05, 4.69) is 10.6 Å². The lowest BCUT2D eigenvalue weighted by Crippen LogP contribution is -2.52. The molecular formula is C13H21N3O5. The van der Waals surface area contributed by atoms with E-state index in [1.807, 2.05) is 0 Å². The molecule has 3 amide bonds. The average molecular weight is 299 g/mol. The number of urea groups is 1. The molecule has 1 aliphatic heterocycles. The van der Waals surface area contributed by atoms with Crippen LogP contribution in [-0.4, -0.2) is 66.3 Å². The van der Waals surface area contributed by atoms with Crippen LogP contribution in [0.4, 0.5) is 4.79 Å². The second-order valence-electron chi connectivity index (χ2n) is 5.34. The molecule has 0 radical (unpaired) electrons. The second kappa shape index (κ2) is 6.75. The van der Waals surface area contributed by atoms with E-state index in [4.69, 9.17) is 9.84 Å². The first-order valence-corrected chi connectivity index (χ1v) is 7.17. The quantitative estimate of drug-likeness (QED) is 0.607. The fourth-order valence-electron chi connectivity index (χ4n) is 2.38. The van der Waals surface area contributed by atoms with Gasteiger partial charge in [-0.05, 0) is 19.8 Å². The van der Waals surface area contributed by atoms with Crippen LogP contribution in [0.2, 0.25) is 0 Å². The molecule has 1 heterocycles. The number of likely N-dealkylation sites (N-methyl/N-ethyl adjacent to an activating group) is 1. The van der Waals surface area contributed by atoms with Gasteiger partial charge < -0.3 is 25.4 Å². The summed E-state index contributed by atoms with van der Waals surface area (Å²) in [5, 5.41) is 14.4. The Balaban J connectivity index is 1.85. The highest BCUT2D eigenvalue weighted by molar-refractivity contribution is 5.84. The van der Waals surface area contributed by atoms with Gasteiger partial charge in [0.15, 0.2) is 0 Å². The monoisotopic (exact) mass is 299 g/mol. The summed E-state index contributed by atoms with van der Waals surface area (Å²) >= 11 is 0. The molecule has 8 nitrogen and oxygen atoms in total. The minimum absolute atomic E-state index is 0.100. The molecule has 118 valence electrons. The maximum atomic E-state index is 12.1. The van der Waals surface area contributed by atoms with Crippen LogP contribution in [0.3, 0.4) is 0 Å². The molecule has 0 aromatic rings. The predicted molar refractivity (Wildman–Crippen MR) is 72.7 cm³/mol. The van der Waals surface area contributed by atoms with Gasteiger partial charge in [-0.25, -0.2) is 4.79 Å². The summed E-state index contributed by atoms with van der Waals surface area (Å²) in [6.45, 7) is 2.32. The standard InChI is InChI=1S/C13H21N3O5/c1-2-16(10-7-21-6-9(10)12(18)19)13(20)14-5-11(17)15-8-3-4-8/h8-10H,2-7H2,1H3,(H,14,20)(H,15,17)(H,18,19). The molecule has 2 atom stereocenters. The zero-order chi connectivity index (χ0) is 15.4. The number of hydrogen-bond acceptors (Lipinski definition) is 4. The molecule has 2 aliphatic rings. The van der Waals surface area contributed by atoms with E-state index in [0.717, 1.165) is 12.8 Å². The first-order chi connectivity index (χ1) is 10.0. The van der Waals surface area contributed by atoms with E-state index in [9.17, 15) is 14.4 Å². The molecule has 0 bridgehead atoms. The van der Waals surface area contributed by atoms with Gasteiger partial charge in [0.25, 0.3) is 0 Å². The number of ether oxygens (including phenoxy) is 1. The van der Waals surface area contributed by atoms with Crippen molar-refractivity contribution in [3.05, 3.63) is 0 Å². The molecule has 2 unspecified atom stereocenters. The van der Waals surface area contributed by atoms with Gasteiger partial charge in [-0.2, -0.15) is 0 Å². The Morgan fingerprint density at radius 2 is 2.00 bits per heavy atom. The minimum atomic E-state index is -0.977. The van der Waals surface area contributed by atoms with Crippen LogP contribution in [0.25, 0.3) is 0 Å². The summed E-state index contributed by atoms with van der Waals surface area (Å²) in [6.07, 6.45) is 1.97. The van der Waals surface area contributed by atoms with Crippen molar-refractivity contribution in [1.82, 2.24) is 15.5 Å². The fraction of sp³-hybridized carbons (Fsp3) is 0.769. The van der Waals surface area contributed by atoms with Gasteiger partial charge >= 0.3 is 12.0 Å². The number of hydrogen-bond donors (Lipinski definition) is 3. The molecule has 21 heavy (non-hydrogen) atoms. The number of nitrogens with zero attached hydrogens (tertiary/aromatic N) is 1. The highest BCUT2D eigenvalue weighted by Crippen LogP contribution is 2.20. The topological polar surface area (TPSA) is 108 Å². The molecule has 8 heteroatoms. The van der Waals surface area contributed by atoms with Crippen LogP contribution >= 0.6 is 0 Å². The van der Waals surface area contributed by atoms with Crippen LogP contribution < -0.4 is 10.6 Å². The third kappa shape index (κ3) is 4.07. The zero-order valence-electron chi connectivity index (χ0n) is 12.0. The van der Waals surface area contributed by atoms with Crippen molar-refractivity contribution in [2.75, 3.05) is 26.3 Å². The lowest BCUT2D eigenvalue weighted by atomic mass is 10.0. The largest absolute Gasteiger partial charge is 0.481 e. The van der Waals surface area contributed by atoms with E-state index in [0.29, 0.717) is 6.54 Å². The number of carbonyl (C=O) groups excluding carboxylic acids is 2. The number of carboxylic acid groups (broad SMARTS) is 1. The van der Waals surface area contributed by atoms with Crippen molar-refractivity contribution in [2.45, 2.75) is 31.8 Å². The second-order valence-corrected chi connectivity index (χ2v) is 5.34. The van der Waals surface area contributed by atoms with E-state index < -0.39 is 24.0 Å². The van der Waals surface area contributed by atoms with E-state index in [1.165, 1.54) is 4.90 Å². The Hall–Kier alpha value is -1.83. The summed E-state index contributed by atoms with van der Waals surface area (Å²) < 4.78 is 5.17. The van der Waals surface area contributed by atoms with Gasteiger partial charge in [-0.3, -0.25) is 9.59 Å². The fourth-order valence-corrected chi connectivity index (χ4v) is 2.38. The molecule has 3 N–H and O–H groups in total. The Kier molecular flexibility index (Phi) is 5.00. The summed E-state index contributed by atoms with van der Waals surface area (Å²) in [6, 6.07) is -0.694. The molecule has 1 saturated carbocycles. The molecule has 0 aromatic carbocycles. The predicted octanol–water partition coefficient (Wildman–Crippen LogP) is -0.604. The van der Waals surface area contributed by atoms with Gasteiger partial charge in [0.1, 0.15) is 5.92 Å². The lowest BCUT2D eigenvalue weighted by Gasteiger charge is -2.29. The van der Waals surface area contributed by atoms with Gasteiger partial charge in [0.2, 0.25) is 5.91 Å². The highest BCUT2D eigenvalue weighted by atomic mass is 16.5. The Morgan fingerprint density at radius 3 is 2.57 bits per heavy atom. The zero-order valence-corrected chi connectivity index (χ0v) is 12.0. The summed E-state index contributed by atoms with van der Waals surface area (Å²) in [5.41, 5.74) is 0. The third-order valence-corrected chi connectivity index (χ3v) is 3.71. The Labute approximate surface area is 122 Å². The molecule has 0 spiro atoms. The molecule has 2 fully saturated rings. The van der Waals surface area contributed by atoms with Crippen molar-refractivity contribution in [1.29, 1.82) is 0 Å². The molecule has 1 saturated heterocycles. The Morgan fingerprint density at radius 1 is 1.29 bits per heavy atom. The van der Waals surface area contributed by atoms with E-state index in [1.54, 1.807) is 6.92 Å². The highest BCUT2D eigenvalue weighted by Gasteiger charge is 2.39. The number of carbonyl (C=O) groups is 3. The van der Waals surface area contributed by atoms with Crippen molar-refractivity contribution < 1.29 is 24.2 Å². The number of nitrogens with one attached hydrogen (secondary N) is 2.